The molecule has 0 saturated carbocycles. The quantitative estimate of drug-likeness (QED) is 0.365. The number of nitrogens with one attached hydrogen (secondary N) is 1. The Kier molecular flexibility index (Phi) is 6.01. The molecule has 0 bridgehead atoms. The van der Waals surface area contributed by atoms with E-state index >= 15 is 0 Å². The number of urea groups is 1. The van der Waals surface area contributed by atoms with E-state index in [1.165, 1.54) is 12.1 Å². The molecule has 1 atom stereocenters. The van der Waals surface area contributed by atoms with Crippen LogP contribution in [-0.2, 0) is 0 Å². The van der Waals surface area contributed by atoms with Crippen molar-refractivity contribution >= 4 is 17.3 Å². The molecule has 4 aromatic rings. The number of methoxy groups -OCH3 is 1. The Morgan fingerprint density at radius 2 is 1.78 bits per heavy atom. The van der Waals surface area contributed by atoms with Gasteiger partial charge in [0.05, 0.1) is 24.4 Å². The highest BCUT2D eigenvalue weighted by Crippen LogP contribution is 2.39. The molecule has 0 radical (unpaired) electrons. The number of aryl methyl sites for hydroxylation is 2. The van der Waals surface area contributed by atoms with Crippen molar-refractivity contribution in [2.75, 3.05) is 12.0 Å². The van der Waals surface area contributed by atoms with Crippen molar-refractivity contribution in [3.8, 4) is 17.1 Å². The van der Waals surface area contributed by atoms with Crippen LogP contribution in [0.3, 0.4) is 0 Å². The van der Waals surface area contributed by atoms with Crippen LogP contribution in [-0.4, -0.2) is 23.3 Å². The van der Waals surface area contributed by atoms with Crippen LogP contribution < -0.4 is 15.0 Å². The lowest BCUT2D eigenvalue weighted by atomic mass is 9.92. The first-order valence-electron chi connectivity index (χ1n) is 11.5. The zero-order valence-corrected chi connectivity index (χ0v) is 20.4. The third-order valence-corrected chi connectivity index (χ3v) is 6.42. The fourth-order valence-corrected chi connectivity index (χ4v) is 4.33. The lowest BCUT2D eigenvalue weighted by molar-refractivity contribution is 0.244. The topological polar surface area (TPSA) is 80.5 Å². The summed E-state index contributed by atoms with van der Waals surface area (Å²) < 4.78 is 24.8. The Hall–Kier alpha value is -4.46. The molecule has 1 aromatic heterocycles. The SMILES string of the molecule is COc1ccc(N2C(=O)NC(c3ccc(C)c(C)c3)C(c3nc(-c4cccc(F)c4)no3)=C2C)cc1. The van der Waals surface area contributed by atoms with E-state index in [2.05, 4.69) is 15.5 Å². The second-order valence-corrected chi connectivity index (χ2v) is 8.69. The summed E-state index contributed by atoms with van der Waals surface area (Å²) in [6.45, 7) is 5.91. The Labute approximate surface area is 208 Å². The van der Waals surface area contributed by atoms with Crippen molar-refractivity contribution < 1.29 is 18.4 Å². The molecule has 5 rings (SSSR count). The molecule has 0 saturated heterocycles. The van der Waals surface area contributed by atoms with Gasteiger partial charge in [0.1, 0.15) is 11.6 Å². The number of hydrogen-bond acceptors (Lipinski definition) is 5. The molecule has 0 aliphatic carbocycles. The average molecular weight is 485 g/mol. The molecule has 1 N–H and O–H groups in total. The van der Waals surface area contributed by atoms with Gasteiger partial charge in [-0.25, -0.2) is 9.18 Å². The van der Waals surface area contributed by atoms with E-state index in [-0.39, 0.29) is 17.7 Å². The fraction of sp³-hybridized carbons (Fsp3) is 0.179. The van der Waals surface area contributed by atoms with E-state index in [1.807, 2.05) is 51.1 Å². The molecular weight excluding hydrogens is 459 g/mol. The molecule has 2 amide bonds. The van der Waals surface area contributed by atoms with Crippen LogP contribution in [0.15, 0.2) is 77.0 Å². The molecule has 0 fully saturated rings. The Morgan fingerprint density at radius 3 is 2.47 bits per heavy atom. The van der Waals surface area contributed by atoms with Crippen molar-refractivity contribution in [3.05, 3.63) is 101 Å². The van der Waals surface area contributed by atoms with Gasteiger partial charge >= 0.3 is 6.03 Å². The third kappa shape index (κ3) is 4.22. The molecule has 1 aliphatic heterocycles. The number of allylic oxidation sites excluding steroid dienone is 1. The van der Waals surface area contributed by atoms with Crippen LogP contribution >= 0.6 is 0 Å². The summed E-state index contributed by atoms with van der Waals surface area (Å²) >= 11 is 0. The van der Waals surface area contributed by atoms with Crippen LogP contribution in [0.4, 0.5) is 14.9 Å². The standard InChI is InChI=1S/C28H25FN4O3/c1-16-8-9-19(14-17(16)2)25-24(27-31-26(32-36-27)20-6-5-7-21(29)15-20)18(3)33(28(34)30-25)22-10-12-23(35-4)13-11-22/h5-15,25H,1-4H3,(H,30,34). The first-order valence-corrected chi connectivity index (χ1v) is 11.5. The van der Waals surface area contributed by atoms with E-state index < -0.39 is 11.9 Å². The van der Waals surface area contributed by atoms with E-state index in [4.69, 9.17) is 9.26 Å². The number of halogens is 1. The Morgan fingerprint density at radius 1 is 1.00 bits per heavy atom. The van der Waals surface area contributed by atoms with Crippen LogP contribution in [0.2, 0.25) is 0 Å². The van der Waals surface area contributed by atoms with Crippen LogP contribution in [0.25, 0.3) is 17.0 Å². The van der Waals surface area contributed by atoms with E-state index in [1.54, 1.807) is 36.3 Å². The number of carbonyl (C=O) groups excluding carboxylic acids is 1. The number of amides is 2. The zero-order chi connectivity index (χ0) is 25.4. The minimum atomic E-state index is -0.521. The monoisotopic (exact) mass is 484 g/mol. The second-order valence-electron chi connectivity index (χ2n) is 8.69. The maximum Gasteiger partial charge on any atom is 0.326 e. The fourth-order valence-electron chi connectivity index (χ4n) is 4.33. The summed E-state index contributed by atoms with van der Waals surface area (Å²) in [5.74, 6) is 0.797. The van der Waals surface area contributed by atoms with Gasteiger partial charge in [0.15, 0.2) is 0 Å². The van der Waals surface area contributed by atoms with E-state index in [9.17, 15) is 9.18 Å². The van der Waals surface area contributed by atoms with E-state index in [0.717, 1.165) is 16.7 Å². The number of anilines is 1. The first kappa shape index (κ1) is 23.3. The summed E-state index contributed by atoms with van der Waals surface area (Å²) in [5.41, 5.74) is 5.59. The predicted octanol–water partition coefficient (Wildman–Crippen LogP) is 6.20. The number of carbonyl (C=O) groups is 1. The van der Waals surface area contributed by atoms with Gasteiger partial charge in [-0.3, -0.25) is 4.90 Å². The molecule has 0 spiro atoms. The summed E-state index contributed by atoms with van der Waals surface area (Å²) in [6, 6.07) is 18.4. The lowest BCUT2D eigenvalue weighted by Crippen LogP contribution is -2.46. The van der Waals surface area contributed by atoms with Gasteiger partial charge in [0.25, 0.3) is 5.89 Å². The molecule has 36 heavy (non-hydrogen) atoms. The number of hydrogen-bond donors (Lipinski definition) is 1. The van der Waals surface area contributed by atoms with Crippen molar-refractivity contribution in [1.29, 1.82) is 0 Å². The van der Waals surface area contributed by atoms with Gasteiger partial charge in [-0.2, -0.15) is 4.98 Å². The molecular formula is C28H25FN4O3. The van der Waals surface area contributed by atoms with Crippen LogP contribution in [0.5, 0.6) is 5.75 Å². The number of nitrogens with zero attached hydrogens (tertiary/aromatic N) is 3. The zero-order valence-electron chi connectivity index (χ0n) is 20.4. The maximum atomic E-state index is 13.8. The number of benzene rings is 3. The van der Waals surface area contributed by atoms with Gasteiger partial charge < -0.3 is 14.6 Å². The molecule has 7 nitrogen and oxygen atoms in total. The van der Waals surface area contributed by atoms with Crippen molar-refractivity contribution in [1.82, 2.24) is 15.5 Å². The van der Waals surface area contributed by atoms with Crippen LogP contribution in [0, 0.1) is 19.7 Å². The lowest BCUT2D eigenvalue weighted by Gasteiger charge is -2.35. The number of ether oxygens (including phenoxy) is 1. The van der Waals surface area contributed by atoms with Gasteiger partial charge in [-0.1, -0.05) is 35.5 Å². The van der Waals surface area contributed by atoms with Crippen LogP contribution in [0.1, 0.15) is 35.5 Å². The van der Waals surface area contributed by atoms with Crippen molar-refractivity contribution in [3.63, 3.8) is 0 Å². The van der Waals surface area contributed by atoms with Crippen molar-refractivity contribution in [2.24, 2.45) is 0 Å². The smallest absolute Gasteiger partial charge is 0.326 e. The summed E-state index contributed by atoms with van der Waals surface area (Å²) in [5, 5.41) is 7.21. The summed E-state index contributed by atoms with van der Waals surface area (Å²) in [7, 11) is 1.59. The average Bonchev–Trinajstić information content (AvgIpc) is 3.35. The molecule has 1 unspecified atom stereocenters. The minimum Gasteiger partial charge on any atom is -0.497 e. The molecule has 1 aliphatic rings. The largest absolute Gasteiger partial charge is 0.497 e. The van der Waals surface area contributed by atoms with Gasteiger partial charge in [0.2, 0.25) is 5.82 Å². The predicted molar refractivity (Wildman–Crippen MR) is 135 cm³/mol. The molecule has 2 heterocycles. The molecule has 182 valence electrons. The number of rotatable bonds is 5. The number of aromatic nitrogens is 2. The van der Waals surface area contributed by atoms with Gasteiger partial charge in [0, 0.05) is 11.3 Å². The second kappa shape index (κ2) is 9.30. The summed E-state index contributed by atoms with van der Waals surface area (Å²) in [4.78, 5) is 19.5. The Bertz CT molecular complexity index is 1480. The molecule has 8 heteroatoms. The minimum absolute atomic E-state index is 0.244. The van der Waals surface area contributed by atoms with Gasteiger partial charge in [-0.05, 0) is 73.9 Å². The van der Waals surface area contributed by atoms with E-state index in [0.29, 0.717) is 28.3 Å². The van der Waals surface area contributed by atoms with Crippen molar-refractivity contribution in [2.45, 2.75) is 26.8 Å². The molecule has 3 aromatic carbocycles. The third-order valence-electron chi connectivity index (χ3n) is 6.42. The normalized spacial score (nSPS) is 15.8. The summed E-state index contributed by atoms with van der Waals surface area (Å²) in [6.07, 6.45) is 0. The highest BCUT2D eigenvalue weighted by atomic mass is 19.1. The van der Waals surface area contributed by atoms with Gasteiger partial charge in [-0.15, -0.1) is 0 Å². The first-order chi connectivity index (χ1) is 17.4. The highest BCUT2D eigenvalue weighted by molar-refractivity contribution is 6.01. The maximum absolute atomic E-state index is 13.8. The highest BCUT2D eigenvalue weighted by Gasteiger charge is 2.36. The Balaban J connectivity index is 1.65.